The van der Waals surface area contributed by atoms with Crippen molar-refractivity contribution >= 4 is 15.9 Å². The first-order chi connectivity index (χ1) is 13.8. The first-order valence-corrected chi connectivity index (χ1v) is 12.0. The summed E-state index contributed by atoms with van der Waals surface area (Å²) in [5.74, 6) is 0.0467. The summed E-state index contributed by atoms with van der Waals surface area (Å²) in [4.78, 5) is 17.2. The second-order valence-electron chi connectivity index (χ2n) is 8.20. The average Bonchev–Trinajstić information content (AvgIpc) is 2.71. The van der Waals surface area contributed by atoms with Gasteiger partial charge in [0.25, 0.3) is 0 Å². The molecule has 0 bridgehead atoms. The zero-order valence-electron chi connectivity index (χ0n) is 17.9. The zero-order valence-corrected chi connectivity index (χ0v) is 18.7. The summed E-state index contributed by atoms with van der Waals surface area (Å²) in [5.41, 5.74) is 2.06. The fraction of sp³-hybridized carbons (Fsp3) is 0.667. The number of carbonyl (C=O) groups is 1. The number of piperidine rings is 1. The molecular weight excluding hydrogens is 388 g/mol. The highest BCUT2D eigenvalue weighted by molar-refractivity contribution is 7.89. The number of hydrogen-bond acceptors (Lipinski definition) is 5. The van der Waals surface area contributed by atoms with E-state index in [1.165, 1.54) is 4.31 Å². The van der Waals surface area contributed by atoms with Crippen LogP contribution in [0.4, 0.5) is 0 Å². The highest BCUT2D eigenvalue weighted by Crippen LogP contribution is 2.20. The largest absolute Gasteiger partial charge is 0.352 e. The van der Waals surface area contributed by atoms with E-state index >= 15 is 0 Å². The van der Waals surface area contributed by atoms with Gasteiger partial charge in [-0.05, 0) is 56.5 Å². The van der Waals surface area contributed by atoms with Crippen molar-refractivity contribution in [3.63, 3.8) is 0 Å². The Morgan fingerprint density at radius 2 is 1.66 bits per heavy atom. The lowest BCUT2D eigenvalue weighted by atomic mass is 10.1. The molecule has 7 nitrogen and oxygen atoms in total. The smallest absolute Gasteiger partial charge is 0.243 e. The maximum absolute atomic E-state index is 12.9. The Kier molecular flexibility index (Phi) is 7.32. The SMILES string of the molecule is CCN1CCC(NC(=O)CN2CCN(S(=O)(=O)c3ccc(C)c(C)c3)CC2)CC1. The van der Waals surface area contributed by atoms with Crippen LogP contribution in [0.5, 0.6) is 0 Å². The molecule has 1 N–H and O–H groups in total. The fourth-order valence-electron chi connectivity index (χ4n) is 4.02. The molecule has 0 radical (unpaired) electrons. The van der Waals surface area contributed by atoms with Crippen molar-refractivity contribution in [1.29, 1.82) is 0 Å². The number of hydrogen-bond donors (Lipinski definition) is 1. The third kappa shape index (κ3) is 5.57. The van der Waals surface area contributed by atoms with Gasteiger partial charge in [-0.15, -0.1) is 0 Å². The second kappa shape index (κ2) is 9.55. The Morgan fingerprint density at radius 1 is 1.00 bits per heavy atom. The van der Waals surface area contributed by atoms with Gasteiger partial charge >= 0.3 is 0 Å². The number of nitrogens with zero attached hydrogens (tertiary/aromatic N) is 3. The maximum Gasteiger partial charge on any atom is 0.243 e. The van der Waals surface area contributed by atoms with Gasteiger partial charge in [-0.3, -0.25) is 9.69 Å². The second-order valence-corrected chi connectivity index (χ2v) is 10.1. The predicted octanol–water partition coefficient (Wildman–Crippen LogP) is 1.21. The zero-order chi connectivity index (χ0) is 21.0. The standard InChI is InChI=1S/C21H34N4O3S/c1-4-23-9-7-19(8-10-23)22-21(26)16-24-11-13-25(14-12-24)29(27,28)20-6-5-17(2)18(3)15-20/h5-6,15,19H,4,7-14,16H2,1-3H3,(H,22,26). The average molecular weight is 423 g/mol. The third-order valence-corrected chi connectivity index (χ3v) is 8.11. The molecule has 1 amide bonds. The van der Waals surface area contributed by atoms with Crippen molar-refractivity contribution < 1.29 is 13.2 Å². The molecule has 0 aliphatic carbocycles. The minimum absolute atomic E-state index is 0.0467. The fourth-order valence-corrected chi connectivity index (χ4v) is 5.53. The van der Waals surface area contributed by atoms with Crippen molar-refractivity contribution in [2.24, 2.45) is 0 Å². The van der Waals surface area contributed by atoms with E-state index in [0.717, 1.165) is 43.6 Å². The van der Waals surface area contributed by atoms with Crippen molar-refractivity contribution in [2.75, 3.05) is 52.4 Å². The molecule has 2 aliphatic rings. The Labute approximate surface area is 175 Å². The first-order valence-electron chi connectivity index (χ1n) is 10.6. The number of rotatable bonds is 6. The van der Waals surface area contributed by atoms with Crippen LogP contribution in [0.25, 0.3) is 0 Å². The van der Waals surface area contributed by atoms with Crippen LogP contribution in [0.1, 0.15) is 30.9 Å². The molecule has 0 spiro atoms. The van der Waals surface area contributed by atoms with Gasteiger partial charge in [-0.1, -0.05) is 13.0 Å². The molecule has 0 aromatic heterocycles. The first kappa shape index (κ1) is 22.2. The van der Waals surface area contributed by atoms with Gasteiger partial charge in [-0.2, -0.15) is 4.31 Å². The number of carbonyl (C=O) groups excluding carboxylic acids is 1. The molecule has 2 aliphatic heterocycles. The van der Waals surface area contributed by atoms with Crippen molar-refractivity contribution in [3.05, 3.63) is 29.3 Å². The van der Waals surface area contributed by atoms with E-state index in [-0.39, 0.29) is 11.9 Å². The number of piperazine rings is 1. The van der Waals surface area contributed by atoms with Gasteiger partial charge in [0, 0.05) is 45.3 Å². The third-order valence-electron chi connectivity index (χ3n) is 6.21. The van der Waals surface area contributed by atoms with Crippen LogP contribution in [0.3, 0.4) is 0 Å². The van der Waals surface area contributed by atoms with Crippen molar-refractivity contribution in [3.8, 4) is 0 Å². The van der Waals surface area contributed by atoms with Crippen LogP contribution in [0.15, 0.2) is 23.1 Å². The Hall–Kier alpha value is -1.48. The molecule has 1 aromatic carbocycles. The molecule has 29 heavy (non-hydrogen) atoms. The summed E-state index contributed by atoms with van der Waals surface area (Å²) in [7, 11) is -3.48. The van der Waals surface area contributed by atoms with E-state index in [0.29, 0.717) is 37.6 Å². The van der Waals surface area contributed by atoms with Crippen LogP contribution in [-0.4, -0.2) is 86.8 Å². The van der Waals surface area contributed by atoms with E-state index in [1.807, 2.05) is 24.8 Å². The number of likely N-dealkylation sites (tertiary alicyclic amines) is 1. The summed E-state index contributed by atoms with van der Waals surface area (Å²) < 4.78 is 27.4. The summed E-state index contributed by atoms with van der Waals surface area (Å²) in [5, 5.41) is 3.15. The van der Waals surface area contributed by atoms with Gasteiger partial charge < -0.3 is 10.2 Å². The Morgan fingerprint density at radius 3 is 2.24 bits per heavy atom. The molecule has 8 heteroatoms. The summed E-state index contributed by atoms with van der Waals surface area (Å²) in [6.45, 7) is 11.5. The molecule has 0 atom stereocenters. The molecule has 0 unspecified atom stereocenters. The molecule has 2 heterocycles. The number of sulfonamides is 1. The minimum atomic E-state index is -3.48. The van der Waals surface area contributed by atoms with E-state index in [1.54, 1.807) is 12.1 Å². The van der Waals surface area contributed by atoms with Gasteiger partial charge in [0.1, 0.15) is 0 Å². The van der Waals surface area contributed by atoms with Crippen molar-refractivity contribution in [2.45, 2.75) is 44.6 Å². The maximum atomic E-state index is 12.9. The Bertz CT molecular complexity index is 811. The van der Waals surface area contributed by atoms with E-state index in [2.05, 4.69) is 17.1 Å². The topological polar surface area (TPSA) is 73.0 Å². The van der Waals surface area contributed by atoms with Crippen LogP contribution >= 0.6 is 0 Å². The predicted molar refractivity (Wildman–Crippen MR) is 114 cm³/mol. The normalized spacial score (nSPS) is 20.7. The monoisotopic (exact) mass is 422 g/mol. The molecule has 3 rings (SSSR count). The molecule has 2 saturated heterocycles. The summed E-state index contributed by atoms with van der Waals surface area (Å²) >= 11 is 0. The highest BCUT2D eigenvalue weighted by atomic mass is 32.2. The highest BCUT2D eigenvalue weighted by Gasteiger charge is 2.29. The van der Waals surface area contributed by atoms with Crippen LogP contribution in [-0.2, 0) is 14.8 Å². The molecular formula is C21H34N4O3S. The molecule has 0 saturated carbocycles. The lowest BCUT2D eigenvalue weighted by Gasteiger charge is -2.35. The van der Waals surface area contributed by atoms with Crippen LogP contribution in [0, 0.1) is 13.8 Å². The van der Waals surface area contributed by atoms with E-state index in [9.17, 15) is 13.2 Å². The minimum Gasteiger partial charge on any atom is -0.352 e. The lowest BCUT2D eigenvalue weighted by Crippen LogP contribution is -2.52. The van der Waals surface area contributed by atoms with E-state index in [4.69, 9.17) is 0 Å². The number of amides is 1. The van der Waals surface area contributed by atoms with Gasteiger partial charge in [-0.25, -0.2) is 8.42 Å². The summed E-state index contributed by atoms with van der Waals surface area (Å²) in [6.07, 6.45) is 2.00. The van der Waals surface area contributed by atoms with Gasteiger partial charge in [0.2, 0.25) is 15.9 Å². The summed E-state index contributed by atoms with van der Waals surface area (Å²) in [6, 6.07) is 5.54. The van der Waals surface area contributed by atoms with Crippen LogP contribution in [0.2, 0.25) is 0 Å². The molecule has 1 aromatic rings. The van der Waals surface area contributed by atoms with Crippen molar-refractivity contribution in [1.82, 2.24) is 19.4 Å². The van der Waals surface area contributed by atoms with Gasteiger partial charge in [0.05, 0.1) is 11.4 Å². The quantitative estimate of drug-likeness (QED) is 0.746. The molecule has 162 valence electrons. The molecule has 2 fully saturated rings. The van der Waals surface area contributed by atoms with Gasteiger partial charge in [0.15, 0.2) is 0 Å². The van der Waals surface area contributed by atoms with Crippen LogP contribution < -0.4 is 5.32 Å². The lowest BCUT2D eigenvalue weighted by molar-refractivity contribution is -0.123. The number of nitrogens with one attached hydrogen (secondary N) is 1. The number of benzene rings is 1. The Balaban J connectivity index is 1.47. The van der Waals surface area contributed by atoms with E-state index < -0.39 is 10.0 Å². The number of aryl methyl sites for hydroxylation is 2.